The fraction of sp³-hybridized carbons (Fsp3) is 0.800. The van der Waals surface area contributed by atoms with E-state index in [2.05, 4.69) is 38.2 Å². The fourth-order valence-electron chi connectivity index (χ4n) is 4.05. The molecule has 0 aromatic rings. The van der Waals surface area contributed by atoms with Gasteiger partial charge in [-0.05, 0) is 51.4 Å². The minimum Gasteiger partial charge on any atom is -0.481 e. The number of allylic oxidation sites excluding steroid dienone is 4. The Kier molecular flexibility index (Phi) is 24.8. The lowest BCUT2D eigenvalue weighted by molar-refractivity contribution is -0.153. The third-order valence-electron chi connectivity index (χ3n) is 6.16. The van der Waals surface area contributed by atoms with Gasteiger partial charge in [0.1, 0.15) is 6.10 Å². The van der Waals surface area contributed by atoms with Crippen LogP contribution in [0.3, 0.4) is 0 Å². The molecule has 0 bridgehead atoms. The SMILES string of the molecule is CCCCC/C=C\C/C=C\CCCCCCCCCC(=O)OC(CCCCCCC)CC(=O)O. The van der Waals surface area contributed by atoms with Crippen LogP contribution in [0.5, 0.6) is 0 Å². The molecule has 1 atom stereocenters. The Bertz CT molecular complexity index is 524. The van der Waals surface area contributed by atoms with Crippen molar-refractivity contribution in [3.05, 3.63) is 24.3 Å². The summed E-state index contributed by atoms with van der Waals surface area (Å²) in [7, 11) is 0. The maximum Gasteiger partial charge on any atom is 0.307 e. The van der Waals surface area contributed by atoms with Crippen LogP contribution >= 0.6 is 0 Å². The Labute approximate surface area is 210 Å². The molecular weight excluding hydrogens is 424 g/mol. The summed E-state index contributed by atoms with van der Waals surface area (Å²) in [5, 5.41) is 9.07. The molecule has 0 aliphatic heterocycles. The molecule has 0 spiro atoms. The molecule has 4 heteroatoms. The van der Waals surface area contributed by atoms with Gasteiger partial charge in [-0.1, -0.05) is 109 Å². The molecule has 0 aromatic carbocycles. The molecule has 0 aromatic heterocycles. The Balaban J connectivity index is 3.63. The van der Waals surface area contributed by atoms with Gasteiger partial charge in [-0.25, -0.2) is 0 Å². The smallest absolute Gasteiger partial charge is 0.307 e. The zero-order chi connectivity index (χ0) is 25.1. The van der Waals surface area contributed by atoms with Crippen LogP contribution in [0.25, 0.3) is 0 Å². The highest BCUT2D eigenvalue weighted by atomic mass is 16.5. The summed E-state index contributed by atoms with van der Waals surface area (Å²) in [6.45, 7) is 4.41. The number of rotatable bonds is 25. The summed E-state index contributed by atoms with van der Waals surface area (Å²) in [4.78, 5) is 23.2. The normalized spacial score (nSPS) is 12.5. The number of carboxylic acids is 1. The van der Waals surface area contributed by atoms with E-state index in [1.807, 2.05) is 0 Å². The number of unbranched alkanes of at least 4 members (excludes halogenated alkanes) is 14. The van der Waals surface area contributed by atoms with E-state index in [1.165, 1.54) is 70.6 Å². The lowest BCUT2D eigenvalue weighted by Crippen LogP contribution is -2.21. The van der Waals surface area contributed by atoms with Crippen molar-refractivity contribution in [3.8, 4) is 0 Å². The third kappa shape index (κ3) is 25.1. The number of carbonyl (C=O) groups is 2. The van der Waals surface area contributed by atoms with Gasteiger partial charge in [-0.3, -0.25) is 9.59 Å². The Morgan fingerprint density at radius 1 is 0.676 bits per heavy atom. The largest absolute Gasteiger partial charge is 0.481 e. The third-order valence-corrected chi connectivity index (χ3v) is 6.16. The van der Waals surface area contributed by atoms with Crippen LogP contribution in [0.2, 0.25) is 0 Å². The van der Waals surface area contributed by atoms with Crippen LogP contribution in [0.1, 0.15) is 149 Å². The zero-order valence-corrected chi connectivity index (χ0v) is 22.4. The average Bonchev–Trinajstić information content (AvgIpc) is 2.80. The Hall–Kier alpha value is -1.58. The van der Waals surface area contributed by atoms with Crippen molar-refractivity contribution >= 4 is 11.9 Å². The maximum absolute atomic E-state index is 12.1. The molecule has 0 saturated carbocycles. The number of carbonyl (C=O) groups excluding carboxylic acids is 1. The number of hydrogen-bond acceptors (Lipinski definition) is 3. The first-order chi connectivity index (χ1) is 16.6. The highest BCUT2D eigenvalue weighted by Crippen LogP contribution is 2.15. The van der Waals surface area contributed by atoms with E-state index in [1.54, 1.807) is 0 Å². The number of hydrogen-bond donors (Lipinski definition) is 1. The van der Waals surface area contributed by atoms with E-state index in [4.69, 9.17) is 9.84 Å². The summed E-state index contributed by atoms with van der Waals surface area (Å²) < 4.78 is 5.47. The van der Waals surface area contributed by atoms with E-state index in [0.29, 0.717) is 12.8 Å². The summed E-state index contributed by atoms with van der Waals surface area (Å²) in [5.41, 5.74) is 0. The number of ether oxygens (including phenoxy) is 1. The first kappa shape index (κ1) is 32.4. The van der Waals surface area contributed by atoms with Crippen LogP contribution in [-0.4, -0.2) is 23.1 Å². The minimum atomic E-state index is -0.892. The molecule has 0 rings (SSSR count). The summed E-state index contributed by atoms with van der Waals surface area (Å²) in [5.74, 6) is -1.13. The monoisotopic (exact) mass is 478 g/mol. The molecule has 0 heterocycles. The lowest BCUT2D eigenvalue weighted by atomic mass is 10.1. The quantitative estimate of drug-likeness (QED) is 0.0806. The van der Waals surface area contributed by atoms with Crippen molar-refractivity contribution in [1.82, 2.24) is 0 Å². The van der Waals surface area contributed by atoms with Gasteiger partial charge >= 0.3 is 11.9 Å². The molecule has 34 heavy (non-hydrogen) atoms. The molecule has 198 valence electrons. The standard InChI is InChI=1S/C30H54O4/c1-3-5-7-9-10-11-12-13-14-15-16-17-18-19-20-22-24-26-30(33)34-28(27-29(31)32)25-23-21-8-6-4-2/h10-11,13-14,28H,3-9,12,15-27H2,1-2H3,(H,31,32)/b11-10-,14-13-. The molecule has 1 unspecified atom stereocenters. The minimum absolute atomic E-state index is 0.0789. The number of aliphatic carboxylic acids is 1. The van der Waals surface area contributed by atoms with Crippen molar-refractivity contribution in [3.63, 3.8) is 0 Å². The van der Waals surface area contributed by atoms with Gasteiger partial charge in [0.05, 0.1) is 6.42 Å². The molecular formula is C30H54O4. The molecule has 4 nitrogen and oxygen atoms in total. The Morgan fingerprint density at radius 2 is 1.18 bits per heavy atom. The predicted octanol–water partition coefficient (Wildman–Crippen LogP) is 9.33. The van der Waals surface area contributed by atoms with E-state index >= 15 is 0 Å². The zero-order valence-electron chi connectivity index (χ0n) is 22.4. The van der Waals surface area contributed by atoms with Crippen molar-refractivity contribution in [2.24, 2.45) is 0 Å². The van der Waals surface area contributed by atoms with Crippen molar-refractivity contribution in [2.75, 3.05) is 0 Å². The van der Waals surface area contributed by atoms with Gasteiger partial charge in [-0.15, -0.1) is 0 Å². The molecule has 1 N–H and O–H groups in total. The first-order valence-electron chi connectivity index (χ1n) is 14.3. The van der Waals surface area contributed by atoms with E-state index < -0.39 is 12.1 Å². The van der Waals surface area contributed by atoms with Gasteiger partial charge in [0.25, 0.3) is 0 Å². The van der Waals surface area contributed by atoms with Crippen molar-refractivity contribution < 1.29 is 19.4 Å². The van der Waals surface area contributed by atoms with E-state index in [9.17, 15) is 9.59 Å². The second kappa shape index (κ2) is 26.0. The van der Waals surface area contributed by atoms with Gasteiger partial charge in [-0.2, -0.15) is 0 Å². The topological polar surface area (TPSA) is 63.6 Å². The molecule has 0 fully saturated rings. The van der Waals surface area contributed by atoms with Crippen LogP contribution in [0, 0.1) is 0 Å². The molecule has 0 aliphatic rings. The summed E-state index contributed by atoms with van der Waals surface area (Å²) in [6.07, 6.45) is 30.7. The van der Waals surface area contributed by atoms with Gasteiger partial charge in [0.15, 0.2) is 0 Å². The number of esters is 1. The van der Waals surface area contributed by atoms with Crippen molar-refractivity contribution in [1.29, 1.82) is 0 Å². The molecule has 0 saturated heterocycles. The van der Waals surface area contributed by atoms with Gasteiger partial charge in [0, 0.05) is 6.42 Å². The van der Waals surface area contributed by atoms with Crippen LogP contribution in [0.15, 0.2) is 24.3 Å². The highest BCUT2D eigenvalue weighted by molar-refractivity contribution is 5.71. The summed E-state index contributed by atoms with van der Waals surface area (Å²) in [6, 6.07) is 0. The van der Waals surface area contributed by atoms with E-state index in [-0.39, 0.29) is 12.4 Å². The maximum atomic E-state index is 12.1. The van der Waals surface area contributed by atoms with Gasteiger partial charge in [0.2, 0.25) is 0 Å². The van der Waals surface area contributed by atoms with E-state index in [0.717, 1.165) is 44.9 Å². The second-order valence-corrected chi connectivity index (χ2v) is 9.60. The average molecular weight is 479 g/mol. The summed E-state index contributed by atoms with van der Waals surface area (Å²) >= 11 is 0. The molecule has 0 amide bonds. The highest BCUT2D eigenvalue weighted by Gasteiger charge is 2.17. The lowest BCUT2D eigenvalue weighted by Gasteiger charge is -2.16. The van der Waals surface area contributed by atoms with Gasteiger partial charge < -0.3 is 9.84 Å². The number of carboxylic acid groups (broad SMARTS) is 1. The molecule has 0 radical (unpaired) electrons. The Morgan fingerprint density at radius 3 is 1.79 bits per heavy atom. The van der Waals surface area contributed by atoms with Crippen LogP contribution in [-0.2, 0) is 14.3 Å². The first-order valence-corrected chi connectivity index (χ1v) is 14.3. The fourth-order valence-corrected chi connectivity index (χ4v) is 4.05. The van der Waals surface area contributed by atoms with Crippen LogP contribution < -0.4 is 0 Å². The van der Waals surface area contributed by atoms with Crippen molar-refractivity contribution in [2.45, 2.75) is 155 Å². The van der Waals surface area contributed by atoms with Crippen LogP contribution in [0.4, 0.5) is 0 Å². The molecule has 0 aliphatic carbocycles. The second-order valence-electron chi connectivity index (χ2n) is 9.60. The predicted molar refractivity (Wildman–Crippen MR) is 144 cm³/mol.